The van der Waals surface area contributed by atoms with Gasteiger partial charge in [-0.15, -0.1) is 11.8 Å². The van der Waals surface area contributed by atoms with E-state index in [0.29, 0.717) is 0 Å². The number of carbonyl (C=O) groups excluding carboxylic acids is 2. The fourth-order valence-electron chi connectivity index (χ4n) is 2.32. The van der Waals surface area contributed by atoms with Crippen molar-refractivity contribution in [2.45, 2.75) is 30.5 Å². The lowest BCUT2D eigenvalue weighted by Gasteiger charge is -2.32. The largest absolute Gasteiger partial charge is 0.467 e. The van der Waals surface area contributed by atoms with Crippen LogP contribution in [0.1, 0.15) is 13.8 Å². The van der Waals surface area contributed by atoms with Gasteiger partial charge in [0.25, 0.3) is 0 Å². The number of rotatable bonds is 4. The second-order valence-corrected chi connectivity index (χ2v) is 6.21. The van der Waals surface area contributed by atoms with Gasteiger partial charge in [-0.2, -0.15) is 0 Å². The third-order valence-corrected chi connectivity index (χ3v) is 4.33. The van der Waals surface area contributed by atoms with Gasteiger partial charge in [0.1, 0.15) is 5.72 Å². The summed E-state index contributed by atoms with van der Waals surface area (Å²) in [6.45, 7) is 3.73. The molecule has 0 aliphatic carbocycles. The lowest BCUT2D eigenvalue weighted by atomic mass is 10.2. The zero-order chi connectivity index (χ0) is 15.5. The summed E-state index contributed by atoms with van der Waals surface area (Å²) in [6, 6.07) is 8.99. The summed E-state index contributed by atoms with van der Waals surface area (Å²) in [5.74, 6) is -0.329. The Morgan fingerprint density at radius 3 is 2.67 bits per heavy atom. The summed E-state index contributed by atoms with van der Waals surface area (Å²) in [7, 11) is 1.31. The first-order valence-corrected chi connectivity index (χ1v) is 7.66. The minimum absolute atomic E-state index is 0.137. The van der Waals surface area contributed by atoms with Crippen molar-refractivity contribution in [1.82, 2.24) is 4.90 Å². The van der Waals surface area contributed by atoms with Crippen LogP contribution in [0, 0.1) is 0 Å². The maximum absolute atomic E-state index is 12.5. The molecule has 114 valence electrons. The standard InChI is InChI=1S/C15H19NO4S/c1-15(2)16(12(9-20-15)14(18)19-3)13(17)10-21-11-7-5-4-6-8-11/h4-8,12H,9-10H2,1-3H3. The van der Waals surface area contributed by atoms with Crippen molar-refractivity contribution in [2.24, 2.45) is 0 Å². The quantitative estimate of drug-likeness (QED) is 0.628. The molecule has 1 aliphatic heterocycles. The smallest absolute Gasteiger partial charge is 0.331 e. The Kier molecular flexibility index (Phi) is 4.90. The van der Waals surface area contributed by atoms with E-state index in [-0.39, 0.29) is 18.3 Å². The minimum Gasteiger partial charge on any atom is -0.467 e. The molecule has 1 aromatic rings. The number of amides is 1. The molecule has 1 saturated heterocycles. The molecule has 6 heteroatoms. The monoisotopic (exact) mass is 309 g/mol. The number of esters is 1. The molecular formula is C15H19NO4S. The minimum atomic E-state index is -0.798. The highest BCUT2D eigenvalue weighted by atomic mass is 32.2. The normalized spacial score (nSPS) is 20.3. The second kappa shape index (κ2) is 6.49. The van der Waals surface area contributed by atoms with E-state index in [2.05, 4.69) is 0 Å². The molecular weight excluding hydrogens is 290 g/mol. The maximum Gasteiger partial charge on any atom is 0.331 e. The first-order valence-electron chi connectivity index (χ1n) is 6.67. The van der Waals surface area contributed by atoms with E-state index in [1.165, 1.54) is 23.8 Å². The van der Waals surface area contributed by atoms with Crippen LogP contribution in [0.5, 0.6) is 0 Å². The Labute approximate surface area is 128 Å². The van der Waals surface area contributed by atoms with E-state index in [9.17, 15) is 9.59 Å². The van der Waals surface area contributed by atoms with Crippen LogP contribution >= 0.6 is 11.8 Å². The second-order valence-electron chi connectivity index (χ2n) is 5.16. The molecule has 0 N–H and O–H groups in total. The molecule has 0 spiro atoms. The van der Waals surface area contributed by atoms with Crippen LogP contribution < -0.4 is 0 Å². The van der Waals surface area contributed by atoms with E-state index in [1.807, 2.05) is 30.3 Å². The van der Waals surface area contributed by atoms with E-state index in [4.69, 9.17) is 9.47 Å². The number of hydrogen-bond donors (Lipinski definition) is 0. The molecule has 1 fully saturated rings. The topological polar surface area (TPSA) is 55.8 Å². The summed E-state index contributed by atoms with van der Waals surface area (Å²) in [6.07, 6.45) is 0. The average Bonchev–Trinajstić information content (AvgIpc) is 2.80. The molecule has 0 radical (unpaired) electrons. The van der Waals surface area contributed by atoms with Gasteiger partial charge in [-0.05, 0) is 26.0 Å². The molecule has 0 saturated carbocycles. The zero-order valence-corrected chi connectivity index (χ0v) is 13.2. The number of benzene rings is 1. The van der Waals surface area contributed by atoms with Crippen molar-refractivity contribution in [3.8, 4) is 0 Å². The Morgan fingerprint density at radius 2 is 2.05 bits per heavy atom. The predicted molar refractivity (Wildman–Crippen MR) is 79.8 cm³/mol. The molecule has 1 aliphatic rings. The van der Waals surface area contributed by atoms with E-state index >= 15 is 0 Å². The van der Waals surface area contributed by atoms with Gasteiger partial charge in [0.15, 0.2) is 6.04 Å². The SMILES string of the molecule is COC(=O)C1COC(C)(C)N1C(=O)CSc1ccccc1. The summed E-state index contributed by atoms with van der Waals surface area (Å²) in [4.78, 5) is 26.8. The summed E-state index contributed by atoms with van der Waals surface area (Å²) >= 11 is 1.44. The average molecular weight is 309 g/mol. The summed E-state index contributed by atoms with van der Waals surface area (Å²) < 4.78 is 10.3. The van der Waals surface area contributed by atoms with Crippen LogP contribution in [0.25, 0.3) is 0 Å². The molecule has 0 bridgehead atoms. The van der Waals surface area contributed by atoms with Crippen LogP contribution in [-0.2, 0) is 19.1 Å². The van der Waals surface area contributed by atoms with E-state index < -0.39 is 17.7 Å². The van der Waals surface area contributed by atoms with Gasteiger partial charge >= 0.3 is 5.97 Å². The highest BCUT2D eigenvalue weighted by molar-refractivity contribution is 8.00. The third kappa shape index (κ3) is 3.57. The first-order chi connectivity index (χ1) is 9.95. The van der Waals surface area contributed by atoms with E-state index in [0.717, 1.165) is 4.90 Å². The molecule has 5 nitrogen and oxygen atoms in total. The Bertz CT molecular complexity index is 518. The van der Waals surface area contributed by atoms with Crippen LogP contribution in [0.3, 0.4) is 0 Å². The molecule has 1 heterocycles. The number of nitrogens with zero attached hydrogens (tertiary/aromatic N) is 1. The number of carbonyl (C=O) groups is 2. The van der Waals surface area contributed by atoms with Gasteiger partial charge in [0.2, 0.25) is 5.91 Å². The molecule has 1 atom stereocenters. The fraction of sp³-hybridized carbons (Fsp3) is 0.467. The lowest BCUT2D eigenvalue weighted by Crippen LogP contribution is -2.51. The zero-order valence-electron chi connectivity index (χ0n) is 12.4. The van der Waals surface area contributed by atoms with Crippen molar-refractivity contribution in [3.05, 3.63) is 30.3 Å². The number of methoxy groups -OCH3 is 1. The van der Waals surface area contributed by atoms with Gasteiger partial charge in [0, 0.05) is 4.90 Å². The Morgan fingerprint density at radius 1 is 1.38 bits per heavy atom. The van der Waals surface area contributed by atoms with Crippen molar-refractivity contribution in [3.63, 3.8) is 0 Å². The van der Waals surface area contributed by atoms with Gasteiger partial charge in [-0.25, -0.2) is 4.79 Å². The summed E-state index contributed by atoms with van der Waals surface area (Å²) in [5.41, 5.74) is -0.798. The van der Waals surface area contributed by atoms with Gasteiger partial charge in [-0.3, -0.25) is 9.69 Å². The third-order valence-electron chi connectivity index (χ3n) is 3.33. The molecule has 0 aromatic heterocycles. The van der Waals surface area contributed by atoms with E-state index in [1.54, 1.807) is 13.8 Å². The fourth-order valence-corrected chi connectivity index (χ4v) is 3.10. The van der Waals surface area contributed by atoms with Gasteiger partial charge in [-0.1, -0.05) is 18.2 Å². The number of hydrogen-bond acceptors (Lipinski definition) is 5. The predicted octanol–water partition coefficient (Wildman–Crippen LogP) is 1.92. The van der Waals surface area contributed by atoms with Crippen LogP contribution in [0.4, 0.5) is 0 Å². The molecule has 1 aromatic carbocycles. The van der Waals surface area contributed by atoms with Crippen LogP contribution in [-0.4, -0.2) is 48.0 Å². The number of thioether (sulfide) groups is 1. The maximum atomic E-state index is 12.5. The van der Waals surface area contributed by atoms with Gasteiger partial charge in [0.05, 0.1) is 19.5 Å². The van der Waals surface area contributed by atoms with Crippen LogP contribution in [0.15, 0.2) is 35.2 Å². The molecule has 1 amide bonds. The molecule has 1 unspecified atom stereocenters. The summed E-state index contributed by atoms with van der Waals surface area (Å²) in [5, 5.41) is 0. The first kappa shape index (κ1) is 15.9. The number of ether oxygens (including phenoxy) is 2. The van der Waals surface area contributed by atoms with Crippen LogP contribution in [0.2, 0.25) is 0 Å². The van der Waals surface area contributed by atoms with Crippen molar-refractivity contribution in [2.75, 3.05) is 19.5 Å². The van der Waals surface area contributed by atoms with Crippen molar-refractivity contribution >= 4 is 23.6 Å². The highest BCUT2D eigenvalue weighted by Crippen LogP contribution is 2.29. The van der Waals surface area contributed by atoms with Gasteiger partial charge < -0.3 is 9.47 Å². The van der Waals surface area contributed by atoms with Crippen molar-refractivity contribution < 1.29 is 19.1 Å². The highest BCUT2D eigenvalue weighted by Gasteiger charge is 2.47. The van der Waals surface area contributed by atoms with Crippen molar-refractivity contribution in [1.29, 1.82) is 0 Å². The molecule has 2 rings (SSSR count). The lowest BCUT2D eigenvalue weighted by molar-refractivity contribution is -0.155. The Hall–Kier alpha value is -1.53. The molecule has 21 heavy (non-hydrogen) atoms. The Balaban J connectivity index is 2.06.